The third-order valence-corrected chi connectivity index (χ3v) is 5.17. The number of hydrogen-bond donors (Lipinski definition) is 0. The van der Waals surface area contributed by atoms with Gasteiger partial charge in [0.2, 0.25) is 0 Å². The second kappa shape index (κ2) is 13.7. The average Bonchev–Trinajstić information content (AvgIpc) is 2.36. The minimum absolute atomic E-state index is 0.286. The van der Waals surface area contributed by atoms with Crippen LogP contribution in [0.5, 0.6) is 0 Å². The summed E-state index contributed by atoms with van der Waals surface area (Å²) < 4.78 is 5.76. The first-order valence-corrected chi connectivity index (χ1v) is 10.1. The monoisotopic (exact) mass is 317 g/mol. The normalized spacial score (nSPS) is 12.9. The molecule has 0 fully saturated rings. The van der Waals surface area contributed by atoms with E-state index in [0.29, 0.717) is 6.10 Å². The van der Waals surface area contributed by atoms with Crippen molar-refractivity contribution in [1.82, 2.24) is 14.7 Å². The Hall–Kier alpha value is 0.0569. The highest BCUT2D eigenvalue weighted by Gasteiger charge is 2.06. The largest absolute Gasteiger partial charge is 0.422 e. The molecule has 0 unspecified atom stereocenters. The second-order valence-corrected chi connectivity index (χ2v) is 8.23. The number of nitrogens with zero attached hydrogens (tertiary/aromatic N) is 3. The molecule has 0 radical (unpaired) electrons. The number of hydrogen-bond acceptors (Lipinski definition) is 4. The standard InChI is InChI=1S/C16H39N3OSi/c1-16(2)20-21-15-9-14-19(12-7-10-17(3)4)13-8-11-18(5)6/h16H,7-15,21H2,1-6H3. The molecular weight excluding hydrogens is 278 g/mol. The lowest BCUT2D eigenvalue weighted by atomic mass is 10.3. The molecule has 0 aromatic carbocycles. The summed E-state index contributed by atoms with van der Waals surface area (Å²) in [6.45, 7) is 10.4. The Morgan fingerprint density at radius 1 is 0.762 bits per heavy atom. The Morgan fingerprint density at radius 2 is 1.24 bits per heavy atom. The van der Waals surface area contributed by atoms with Gasteiger partial charge in [0.05, 0.1) is 0 Å². The zero-order valence-corrected chi connectivity index (χ0v) is 16.8. The van der Waals surface area contributed by atoms with Gasteiger partial charge in [-0.1, -0.05) is 0 Å². The maximum atomic E-state index is 5.76. The summed E-state index contributed by atoms with van der Waals surface area (Å²) >= 11 is 0. The first kappa shape index (κ1) is 21.1. The van der Waals surface area contributed by atoms with Gasteiger partial charge >= 0.3 is 0 Å². The van der Waals surface area contributed by atoms with Crippen molar-refractivity contribution in [3.05, 3.63) is 0 Å². The lowest BCUT2D eigenvalue weighted by Crippen LogP contribution is -2.31. The van der Waals surface area contributed by atoms with Gasteiger partial charge in [0, 0.05) is 6.10 Å². The van der Waals surface area contributed by atoms with Crippen LogP contribution in [-0.4, -0.2) is 91.5 Å². The van der Waals surface area contributed by atoms with Crippen molar-refractivity contribution >= 4 is 9.76 Å². The van der Waals surface area contributed by atoms with Crippen LogP contribution in [0.25, 0.3) is 0 Å². The van der Waals surface area contributed by atoms with Gasteiger partial charge in [0.15, 0.2) is 9.76 Å². The molecule has 5 heteroatoms. The quantitative estimate of drug-likeness (QED) is 0.357. The van der Waals surface area contributed by atoms with E-state index in [0.717, 1.165) is 0 Å². The third kappa shape index (κ3) is 16.3. The highest BCUT2D eigenvalue weighted by atomic mass is 28.2. The van der Waals surface area contributed by atoms with Crippen LogP contribution >= 0.6 is 0 Å². The van der Waals surface area contributed by atoms with Crippen molar-refractivity contribution < 1.29 is 4.43 Å². The fourth-order valence-electron chi connectivity index (χ4n) is 2.31. The topological polar surface area (TPSA) is 19.0 Å². The highest BCUT2D eigenvalue weighted by Crippen LogP contribution is 2.01. The van der Waals surface area contributed by atoms with E-state index in [-0.39, 0.29) is 9.76 Å². The SMILES string of the molecule is CC(C)O[SiH2]CCCN(CCCN(C)C)CCCN(C)C. The van der Waals surface area contributed by atoms with Gasteiger partial charge in [-0.3, -0.25) is 0 Å². The molecule has 0 aliphatic carbocycles. The molecule has 128 valence electrons. The maximum Gasteiger partial charge on any atom is 0.161 e. The van der Waals surface area contributed by atoms with Gasteiger partial charge in [-0.2, -0.15) is 0 Å². The van der Waals surface area contributed by atoms with Crippen molar-refractivity contribution in [1.29, 1.82) is 0 Å². The van der Waals surface area contributed by atoms with Crippen molar-refractivity contribution in [2.24, 2.45) is 0 Å². The van der Waals surface area contributed by atoms with Crippen LogP contribution in [0, 0.1) is 0 Å². The minimum Gasteiger partial charge on any atom is -0.422 e. The van der Waals surface area contributed by atoms with Crippen molar-refractivity contribution in [3.63, 3.8) is 0 Å². The zero-order chi connectivity index (χ0) is 16.1. The first-order chi connectivity index (χ1) is 9.91. The van der Waals surface area contributed by atoms with Crippen LogP contribution in [0.15, 0.2) is 0 Å². The Kier molecular flexibility index (Phi) is 13.7. The summed E-state index contributed by atoms with van der Waals surface area (Å²) in [4.78, 5) is 7.21. The van der Waals surface area contributed by atoms with Gasteiger partial charge in [0.1, 0.15) is 0 Å². The fourth-order valence-corrected chi connectivity index (χ4v) is 3.38. The van der Waals surface area contributed by atoms with Crippen LogP contribution < -0.4 is 0 Å². The molecule has 0 N–H and O–H groups in total. The van der Waals surface area contributed by atoms with Crippen LogP contribution in [0.4, 0.5) is 0 Å². The summed E-state index contributed by atoms with van der Waals surface area (Å²) in [6, 6.07) is 1.32. The molecule has 0 saturated heterocycles. The molecule has 0 aliphatic heterocycles. The van der Waals surface area contributed by atoms with Crippen LogP contribution in [0.1, 0.15) is 33.1 Å². The summed E-state index contributed by atoms with van der Waals surface area (Å²) in [5.41, 5.74) is 0. The van der Waals surface area contributed by atoms with Gasteiger partial charge < -0.3 is 19.1 Å². The Labute approximate surface area is 135 Å². The second-order valence-electron chi connectivity index (χ2n) is 6.78. The average molecular weight is 318 g/mol. The Bertz CT molecular complexity index is 212. The third-order valence-electron chi connectivity index (χ3n) is 3.48. The van der Waals surface area contributed by atoms with E-state index in [1.54, 1.807) is 0 Å². The van der Waals surface area contributed by atoms with E-state index in [1.165, 1.54) is 58.0 Å². The molecule has 0 aromatic rings. The summed E-state index contributed by atoms with van der Waals surface area (Å²) in [5, 5.41) is 0. The Morgan fingerprint density at radius 3 is 1.67 bits per heavy atom. The van der Waals surface area contributed by atoms with E-state index in [9.17, 15) is 0 Å². The fraction of sp³-hybridized carbons (Fsp3) is 1.00. The minimum atomic E-state index is -0.286. The predicted octanol–water partition coefficient (Wildman–Crippen LogP) is 1.51. The van der Waals surface area contributed by atoms with Gasteiger partial charge in [0.25, 0.3) is 0 Å². The van der Waals surface area contributed by atoms with E-state index >= 15 is 0 Å². The molecule has 0 saturated carbocycles. The van der Waals surface area contributed by atoms with E-state index in [2.05, 4.69) is 56.7 Å². The number of rotatable bonds is 14. The van der Waals surface area contributed by atoms with E-state index in [4.69, 9.17) is 4.43 Å². The lowest BCUT2D eigenvalue weighted by molar-refractivity contribution is 0.235. The molecule has 0 aromatic heterocycles. The zero-order valence-electron chi connectivity index (χ0n) is 15.4. The molecule has 0 spiro atoms. The van der Waals surface area contributed by atoms with Crippen molar-refractivity contribution in [3.8, 4) is 0 Å². The van der Waals surface area contributed by atoms with Crippen LogP contribution in [0.2, 0.25) is 6.04 Å². The summed E-state index contributed by atoms with van der Waals surface area (Å²) in [5.74, 6) is 0. The smallest absolute Gasteiger partial charge is 0.161 e. The highest BCUT2D eigenvalue weighted by molar-refractivity contribution is 6.27. The van der Waals surface area contributed by atoms with Crippen LogP contribution in [-0.2, 0) is 4.43 Å². The van der Waals surface area contributed by atoms with Crippen molar-refractivity contribution in [2.75, 3.05) is 60.9 Å². The van der Waals surface area contributed by atoms with Gasteiger partial charge in [-0.15, -0.1) is 0 Å². The molecular formula is C16H39N3OSi. The van der Waals surface area contributed by atoms with E-state index < -0.39 is 0 Å². The molecule has 4 nitrogen and oxygen atoms in total. The first-order valence-electron chi connectivity index (χ1n) is 8.55. The Balaban J connectivity index is 3.82. The summed E-state index contributed by atoms with van der Waals surface area (Å²) in [7, 11) is 8.35. The molecule has 0 amide bonds. The van der Waals surface area contributed by atoms with E-state index in [1.807, 2.05) is 0 Å². The van der Waals surface area contributed by atoms with Gasteiger partial charge in [-0.25, -0.2) is 0 Å². The molecule has 21 heavy (non-hydrogen) atoms. The lowest BCUT2D eigenvalue weighted by Gasteiger charge is -2.24. The predicted molar refractivity (Wildman–Crippen MR) is 97.0 cm³/mol. The molecule has 0 bridgehead atoms. The summed E-state index contributed by atoms with van der Waals surface area (Å²) in [6.07, 6.45) is 4.28. The molecule has 0 aliphatic rings. The maximum absolute atomic E-state index is 5.76. The molecule has 0 heterocycles. The van der Waals surface area contributed by atoms with Gasteiger partial charge in [-0.05, 0) is 100 Å². The van der Waals surface area contributed by atoms with Crippen LogP contribution in [0.3, 0.4) is 0 Å². The van der Waals surface area contributed by atoms with Crippen molar-refractivity contribution in [2.45, 2.75) is 45.3 Å². The molecule has 0 atom stereocenters. The molecule has 0 rings (SSSR count).